The molecule has 0 aromatic heterocycles. The molecule has 0 aliphatic heterocycles. The SMILES string of the molecule is C[C@H]1CC[C@@H](NS(=O)(=O)c2ccc(-c3ccc(F)cc3F)cc2)CC1. The second-order valence-corrected chi connectivity index (χ2v) is 8.44. The van der Waals surface area contributed by atoms with E-state index in [0.717, 1.165) is 31.7 Å². The van der Waals surface area contributed by atoms with Gasteiger partial charge in [-0.05, 0) is 61.4 Å². The van der Waals surface area contributed by atoms with E-state index in [2.05, 4.69) is 11.6 Å². The van der Waals surface area contributed by atoms with Crippen molar-refractivity contribution in [3.63, 3.8) is 0 Å². The first kappa shape index (κ1) is 18.0. The first-order valence-electron chi connectivity index (χ1n) is 8.43. The van der Waals surface area contributed by atoms with Crippen molar-refractivity contribution in [2.24, 2.45) is 5.92 Å². The van der Waals surface area contributed by atoms with Gasteiger partial charge >= 0.3 is 0 Å². The van der Waals surface area contributed by atoms with Gasteiger partial charge < -0.3 is 0 Å². The van der Waals surface area contributed by atoms with Gasteiger partial charge in [-0.15, -0.1) is 0 Å². The molecule has 0 radical (unpaired) electrons. The van der Waals surface area contributed by atoms with Crippen molar-refractivity contribution in [3.8, 4) is 11.1 Å². The minimum absolute atomic E-state index is 0.0320. The molecule has 1 N–H and O–H groups in total. The van der Waals surface area contributed by atoms with Crippen molar-refractivity contribution >= 4 is 10.0 Å². The van der Waals surface area contributed by atoms with Crippen molar-refractivity contribution in [2.75, 3.05) is 0 Å². The van der Waals surface area contributed by atoms with Crippen LogP contribution in [0.4, 0.5) is 8.78 Å². The molecule has 1 fully saturated rings. The van der Waals surface area contributed by atoms with Gasteiger partial charge in [0, 0.05) is 17.7 Å². The lowest BCUT2D eigenvalue weighted by Gasteiger charge is -2.26. The number of benzene rings is 2. The molecule has 2 aromatic carbocycles. The van der Waals surface area contributed by atoms with E-state index < -0.39 is 21.7 Å². The van der Waals surface area contributed by atoms with Crippen LogP contribution in [0.1, 0.15) is 32.6 Å². The number of hydrogen-bond acceptors (Lipinski definition) is 2. The zero-order chi connectivity index (χ0) is 18.0. The smallest absolute Gasteiger partial charge is 0.208 e. The van der Waals surface area contributed by atoms with Crippen LogP contribution in [-0.2, 0) is 10.0 Å². The number of rotatable bonds is 4. The Bertz CT molecular complexity index is 842. The molecule has 1 aliphatic carbocycles. The van der Waals surface area contributed by atoms with Crippen LogP contribution in [0.2, 0.25) is 0 Å². The predicted octanol–water partition coefficient (Wildman–Crippen LogP) is 4.49. The summed E-state index contributed by atoms with van der Waals surface area (Å²) >= 11 is 0. The van der Waals surface area contributed by atoms with E-state index >= 15 is 0 Å². The Kier molecular flexibility index (Phi) is 5.20. The van der Waals surface area contributed by atoms with E-state index in [1.165, 1.54) is 36.4 Å². The molecule has 2 aromatic rings. The molecule has 1 saturated carbocycles. The molecule has 3 rings (SSSR count). The van der Waals surface area contributed by atoms with Crippen molar-refractivity contribution in [2.45, 2.75) is 43.5 Å². The molecular weight excluding hydrogens is 344 g/mol. The summed E-state index contributed by atoms with van der Waals surface area (Å²) in [6.45, 7) is 2.18. The largest absolute Gasteiger partial charge is 0.240 e. The molecule has 3 nitrogen and oxygen atoms in total. The number of halogens is 2. The van der Waals surface area contributed by atoms with Gasteiger partial charge in [0.15, 0.2) is 0 Å². The van der Waals surface area contributed by atoms with Gasteiger partial charge in [0.2, 0.25) is 10.0 Å². The van der Waals surface area contributed by atoms with Crippen LogP contribution in [0.15, 0.2) is 47.4 Å². The Morgan fingerprint density at radius 3 is 2.20 bits per heavy atom. The molecule has 0 unspecified atom stereocenters. The van der Waals surface area contributed by atoms with Crippen LogP contribution >= 0.6 is 0 Å². The monoisotopic (exact) mass is 365 g/mol. The summed E-state index contributed by atoms with van der Waals surface area (Å²) < 4.78 is 54.6. The maximum atomic E-state index is 13.8. The quantitative estimate of drug-likeness (QED) is 0.868. The fourth-order valence-corrected chi connectivity index (χ4v) is 4.51. The van der Waals surface area contributed by atoms with Crippen LogP contribution in [0.3, 0.4) is 0 Å². The van der Waals surface area contributed by atoms with Crippen LogP contribution in [0.5, 0.6) is 0 Å². The van der Waals surface area contributed by atoms with Crippen LogP contribution in [0, 0.1) is 17.6 Å². The molecule has 134 valence electrons. The molecule has 25 heavy (non-hydrogen) atoms. The third-order valence-corrected chi connectivity index (χ3v) is 6.28. The lowest BCUT2D eigenvalue weighted by Crippen LogP contribution is -2.37. The van der Waals surface area contributed by atoms with Crippen molar-refractivity contribution in [1.29, 1.82) is 0 Å². The Hall–Kier alpha value is -1.79. The molecule has 0 bridgehead atoms. The summed E-state index contributed by atoms with van der Waals surface area (Å²) in [5.74, 6) is -0.679. The highest BCUT2D eigenvalue weighted by molar-refractivity contribution is 7.89. The van der Waals surface area contributed by atoms with E-state index in [1.807, 2.05) is 0 Å². The van der Waals surface area contributed by atoms with Crippen molar-refractivity contribution in [3.05, 3.63) is 54.1 Å². The van der Waals surface area contributed by atoms with Gasteiger partial charge in [0.1, 0.15) is 11.6 Å². The lowest BCUT2D eigenvalue weighted by atomic mass is 9.88. The Morgan fingerprint density at radius 1 is 0.960 bits per heavy atom. The minimum Gasteiger partial charge on any atom is -0.208 e. The van der Waals surface area contributed by atoms with E-state index in [9.17, 15) is 17.2 Å². The Balaban J connectivity index is 1.77. The topological polar surface area (TPSA) is 46.2 Å². The van der Waals surface area contributed by atoms with Gasteiger partial charge in [0.25, 0.3) is 0 Å². The molecule has 0 atom stereocenters. The number of nitrogens with one attached hydrogen (secondary N) is 1. The third-order valence-electron chi connectivity index (χ3n) is 4.74. The highest BCUT2D eigenvalue weighted by atomic mass is 32.2. The first-order chi connectivity index (χ1) is 11.8. The normalized spacial score (nSPS) is 21.2. The standard InChI is InChI=1S/C19H21F2NO2S/c1-13-2-7-16(8-3-13)22-25(23,24)17-9-4-14(5-10-17)18-11-6-15(20)12-19(18)21/h4-6,9-13,16,22H,2-3,7-8H2,1H3/t13-,16+. The van der Waals surface area contributed by atoms with Gasteiger partial charge in [0.05, 0.1) is 4.90 Å². The highest BCUT2D eigenvalue weighted by Gasteiger charge is 2.24. The van der Waals surface area contributed by atoms with Crippen molar-refractivity contribution < 1.29 is 17.2 Å². The van der Waals surface area contributed by atoms with Crippen LogP contribution in [0.25, 0.3) is 11.1 Å². The summed E-state index contributed by atoms with van der Waals surface area (Å²) in [4.78, 5) is 0.150. The second kappa shape index (κ2) is 7.22. The summed E-state index contributed by atoms with van der Waals surface area (Å²) in [5, 5.41) is 0. The van der Waals surface area contributed by atoms with E-state index in [-0.39, 0.29) is 16.5 Å². The van der Waals surface area contributed by atoms with Crippen LogP contribution in [-0.4, -0.2) is 14.5 Å². The molecular formula is C19H21F2NO2S. The second-order valence-electron chi connectivity index (χ2n) is 6.73. The zero-order valence-electron chi connectivity index (χ0n) is 14.0. The van der Waals surface area contributed by atoms with Gasteiger partial charge in [-0.2, -0.15) is 0 Å². The summed E-state index contributed by atoms with van der Waals surface area (Å²) in [5.41, 5.74) is 0.738. The fraction of sp³-hybridized carbons (Fsp3) is 0.368. The third kappa shape index (κ3) is 4.25. The summed E-state index contributed by atoms with van der Waals surface area (Å²) in [6, 6.07) is 9.27. The zero-order valence-corrected chi connectivity index (χ0v) is 14.8. The molecule has 0 saturated heterocycles. The van der Waals surface area contributed by atoms with E-state index in [0.29, 0.717) is 11.5 Å². The van der Waals surface area contributed by atoms with Gasteiger partial charge in [-0.25, -0.2) is 21.9 Å². The van der Waals surface area contributed by atoms with E-state index in [1.54, 1.807) is 0 Å². The average Bonchev–Trinajstić information content (AvgIpc) is 2.57. The maximum Gasteiger partial charge on any atom is 0.240 e. The fourth-order valence-electron chi connectivity index (χ4n) is 3.20. The average molecular weight is 365 g/mol. The minimum atomic E-state index is -3.60. The molecule has 6 heteroatoms. The Labute approximate surface area is 147 Å². The van der Waals surface area contributed by atoms with Gasteiger partial charge in [-0.1, -0.05) is 19.1 Å². The Morgan fingerprint density at radius 2 is 1.60 bits per heavy atom. The number of hydrogen-bond donors (Lipinski definition) is 1. The van der Waals surface area contributed by atoms with Gasteiger partial charge in [-0.3, -0.25) is 0 Å². The predicted molar refractivity (Wildman–Crippen MR) is 93.5 cm³/mol. The van der Waals surface area contributed by atoms with Crippen molar-refractivity contribution in [1.82, 2.24) is 4.72 Å². The maximum absolute atomic E-state index is 13.8. The first-order valence-corrected chi connectivity index (χ1v) is 9.91. The lowest BCUT2D eigenvalue weighted by molar-refractivity contribution is 0.332. The molecule has 0 amide bonds. The number of sulfonamides is 1. The van der Waals surface area contributed by atoms with E-state index in [4.69, 9.17) is 0 Å². The molecule has 0 heterocycles. The highest BCUT2D eigenvalue weighted by Crippen LogP contribution is 2.27. The summed E-state index contributed by atoms with van der Waals surface area (Å²) in [7, 11) is -3.60. The molecule has 1 aliphatic rings. The van der Waals surface area contributed by atoms with Crippen LogP contribution < -0.4 is 4.72 Å². The molecule has 0 spiro atoms. The summed E-state index contributed by atoms with van der Waals surface area (Å²) in [6.07, 6.45) is 3.74.